The van der Waals surface area contributed by atoms with Gasteiger partial charge >= 0.3 is 0 Å². The van der Waals surface area contributed by atoms with E-state index in [1.807, 2.05) is 6.07 Å². The number of aryl methyl sites for hydroxylation is 2. The third-order valence-corrected chi connectivity index (χ3v) is 3.94. The van der Waals surface area contributed by atoms with Crippen LogP contribution in [0, 0.1) is 19.3 Å². The van der Waals surface area contributed by atoms with E-state index in [1.165, 1.54) is 11.1 Å². The second-order valence-electron chi connectivity index (χ2n) is 6.76. The number of carbonyl (C=O) groups is 1. The maximum Gasteiger partial charge on any atom is 0.224 e. The lowest BCUT2D eigenvalue weighted by Crippen LogP contribution is -2.32. The van der Waals surface area contributed by atoms with Gasteiger partial charge in [-0.1, -0.05) is 54.9 Å². The van der Waals surface area contributed by atoms with Gasteiger partial charge in [-0.15, -0.1) is 0 Å². The summed E-state index contributed by atoms with van der Waals surface area (Å²) in [6, 6.07) is 6.20. The number of alkyl halides is 1. The van der Waals surface area contributed by atoms with Gasteiger partial charge in [0.05, 0.1) is 6.42 Å². The molecular formula is C17H26BrNO. The van der Waals surface area contributed by atoms with E-state index in [0.29, 0.717) is 17.8 Å². The van der Waals surface area contributed by atoms with Crippen LogP contribution in [0.3, 0.4) is 0 Å². The van der Waals surface area contributed by atoms with E-state index in [2.05, 4.69) is 68.0 Å². The van der Waals surface area contributed by atoms with Gasteiger partial charge in [0.25, 0.3) is 0 Å². The maximum absolute atomic E-state index is 11.9. The zero-order valence-electron chi connectivity index (χ0n) is 13.2. The Kier molecular flexibility index (Phi) is 6.25. The van der Waals surface area contributed by atoms with Gasteiger partial charge in [-0.05, 0) is 42.4 Å². The molecule has 3 heteroatoms. The molecule has 0 radical (unpaired) electrons. The summed E-state index contributed by atoms with van der Waals surface area (Å²) in [7, 11) is 0. The SMILES string of the molecule is Cc1ccc(CC(=O)NCC(Br)CC(C)(C)C)cc1C. The minimum atomic E-state index is 0.0895. The Hall–Kier alpha value is -0.830. The van der Waals surface area contributed by atoms with Crippen molar-refractivity contribution in [2.75, 3.05) is 6.54 Å². The fourth-order valence-corrected chi connectivity index (χ4v) is 3.26. The second kappa shape index (κ2) is 7.26. The first kappa shape index (κ1) is 17.2. The first-order chi connectivity index (χ1) is 9.17. The average Bonchev–Trinajstić information content (AvgIpc) is 2.29. The average molecular weight is 340 g/mol. The molecule has 1 N–H and O–H groups in total. The normalized spacial score (nSPS) is 13.1. The van der Waals surface area contributed by atoms with Crippen LogP contribution in [0.1, 0.15) is 43.9 Å². The number of benzene rings is 1. The number of halogens is 1. The van der Waals surface area contributed by atoms with E-state index in [1.54, 1.807) is 0 Å². The van der Waals surface area contributed by atoms with Crippen LogP contribution in [0.25, 0.3) is 0 Å². The van der Waals surface area contributed by atoms with Crippen molar-refractivity contribution in [2.45, 2.75) is 52.3 Å². The molecule has 1 aromatic rings. The highest BCUT2D eigenvalue weighted by Crippen LogP contribution is 2.24. The van der Waals surface area contributed by atoms with Crippen LogP contribution < -0.4 is 5.32 Å². The van der Waals surface area contributed by atoms with Crippen LogP contribution in [0.5, 0.6) is 0 Å². The Morgan fingerprint density at radius 3 is 2.45 bits per heavy atom. The predicted molar refractivity (Wildman–Crippen MR) is 89.4 cm³/mol. The zero-order chi connectivity index (χ0) is 15.3. The molecule has 20 heavy (non-hydrogen) atoms. The largest absolute Gasteiger partial charge is 0.355 e. The number of rotatable bonds is 5. The monoisotopic (exact) mass is 339 g/mol. The molecule has 0 heterocycles. The molecule has 0 aliphatic carbocycles. The fourth-order valence-electron chi connectivity index (χ4n) is 2.12. The zero-order valence-corrected chi connectivity index (χ0v) is 14.8. The van der Waals surface area contributed by atoms with Gasteiger partial charge in [-0.25, -0.2) is 0 Å². The Bertz CT molecular complexity index is 463. The highest BCUT2D eigenvalue weighted by atomic mass is 79.9. The first-order valence-electron chi connectivity index (χ1n) is 7.14. The van der Waals surface area contributed by atoms with Crippen LogP contribution >= 0.6 is 15.9 Å². The van der Waals surface area contributed by atoms with Gasteiger partial charge in [0, 0.05) is 11.4 Å². The number of hydrogen-bond acceptors (Lipinski definition) is 1. The standard InChI is InChI=1S/C17H26BrNO/c1-12-6-7-14(8-13(12)2)9-16(20)19-11-15(18)10-17(3,4)5/h6-8,15H,9-11H2,1-5H3,(H,19,20). The molecular weight excluding hydrogens is 314 g/mol. The Labute approximate surface area is 131 Å². The van der Waals surface area contributed by atoms with Crippen molar-refractivity contribution in [2.24, 2.45) is 5.41 Å². The highest BCUT2D eigenvalue weighted by molar-refractivity contribution is 9.09. The molecule has 1 rings (SSSR count). The molecule has 0 spiro atoms. The predicted octanol–water partition coefficient (Wildman–Crippen LogP) is 4.16. The third-order valence-electron chi connectivity index (χ3n) is 3.29. The molecule has 0 saturated heterocycles. The van der Waals surface area contributed by atoms with Crippen molar-refractivity contribution in [3.8, 4) is 0 Å². The van der Waals surface area contributed by atoms with Crippen molar-refractivity contribution in [1.82, 2.24) is 5.32 Å². The van der Waals surface area contributed by atoms with E-state index in [4.69, 9.17) is 0 Å². The molecule has 0 aliphatic heterocycles. The van der Waals surface area contributed by atoms with Gasteiger partial charge in [-0.2, -0.15) is 0 Å². The van der Waals surface area contributed by atoms with Crippen molar-refractivity contribution in [3.05, 3.63) is 34.9 Å². The number of amides is 1. The van der Waals surface area contributed by atoms with Gasteiger partial charge in [0.15, 0.2) is 0 Å². The second-order valence-corrected chi connectivity index (χ2v) is 8.06. The summed E-state index contributed by atoms with van der Waals surface area (Å²) < 4.78 is 0. The molecule has 1 amide bonds. The third kappa shape index (κ3) is 6.56. The summed E-state index contributed by atoms with van der Waals surface area (Å²) in [5.74, 6) is 0.0895. The van der Waals surface area contributed by atoms with Gasteiger partial charge in [-0.3, -0.25) is 4.79 Å². The van der Waals surface area contributed by atoms with Gasteiger partial charge < -0.3 is 5.32 Å². The minimum absolute atomic E-state index is 0.0895. The molecule has 0 bridgehead atoms. The molecule has 112 valence electrons. The van der Waals surface area contributed by atoms with Crippen molar-refractivity contribution in [3.63, 3.8) is 0 Å². The topological polar surface area (TPSA) is 29.1 Å². The lowest BCUT2D eigenvalue weighted by atomic mass is 9.90. The number of carbonyl (C=O) groups excluding carboxylic acids is 1. The van der Waals surface area contributed by atoms with Crippen LogP contribution in [-0.4, -0.2) is 17.3 Å². The molecule has 0 aromatic heterocycles. The first-order valence-corrected chi connectivity index (χ1v) is 8.06. The molecule has 2 nitrogen and oxygen atoms in total. The molecule has 0 fully saturated rings. The fraction of sp³-hybridized carbons (Fsp3) is 0.588. The molecule has 0 saturated carbocycles. The summed E-state index contributed by atoms with van der Waals surface area (Å²) in [5, 5.41) is 3.00. The van der Waals surface area contributed by atoms with Gasteiger partial charge in [0.1, 0.15) is 0 Å². The van der Waals surface area contributed by atoms with Crippen LogP contribution in [0.4, 0.5) is 0 Å². The highest BCUT2D eigenvalue weighted by Gasteiger charge is 2.17. The smallest absolute Gasteiger partial charge is 0.224 e. The molecule has 0 aliphatic rings. The maximum atomic E-state index is 11.9. The van der Waals surface area contributed by atoms with E-state index in [0.717, 1.165) is 12.0 Å². The summed E-state index contributed by atoms with van der Waals surface area (Å²) in [5.41, 5.74) is 3.85. The summed E-state index contributed by atoms with van der Waals surface area (Å²) >= 11 is 3.63. The molecule has 1 atom stereocenters. The van der Waals surface area contributed by atoms with E-state index < -0.39 is 0 Å². The Morgan fingerprint density at radius 1 is 1.25 bits per heavy atom. The Balaban J connectivity index is 2.42. The van der Waals surface area contributed by atoms with Crippen molar-refractivity contribution < 1.29 is 4.79 Å². The molecule has 1 aromatic carbocycles. The summed E-state index contributed by atoms with van der Waals surface area (Å²) in [4.78, 5) is 12.3. The lowest BCUT2D eigenvalue weighted by molar-refractivity contribution is -0.120. The van der Waals surface area contributed by atoms with Crippen molar-refractivity contribution >= 4 is 21.8 Å². The van der Waals surface area contributed by atoms with E-state index >= 15 is 0 Å². The van der Waals surface area contributed by atoms with E-state index in [9.17, 15) is 4.79 Å². The number of hydrogen-bond donors (Lipinski definition) is 1. The number of nitrogens with one attached hydrogen (secondary N) is 1. The van der Waals surface area contributed by atoms with Crippen LogP contribution in [0.15, 0.2) is 18.2 Å². The van der Waals surface area contributed by atoms with Gasteiger partial charge in [0.2, 0.25) is 5.91 Å². The van der Waals surface area contributed by atoms with Crippen LogP contribution in [-0.2, 0) is 11.2 Å². The lowest BCUT2D eigenvalue weighted by Gasteiger charge is -2.22. The Morgan fingerprint density at radius 2 is 1.90 bits per heavy atom. The minimum Gasteiger partial charge on any atom is -0.355 e. The summed E-state index contributed by atoms with van der Waals surface area (Å²) in [6.07, 6.45) is 1.49. The van der Waals surface area contributed by atoms with Crippen LogP contribution in [0.2, 0.25) is 0 Å². The quantitative estimate of drug-likeness (QED) is 0.801. The summed E-state index contributed by atoms with van der Waals surface area (Å²) in [6.45, 7) is 11.5. The molecule has 1 unspecified atom stereocenters. The van der Waals surface area contributed by atoms with E-state index in [-0.39, 0.29) is 11.3 Å². The van der Waals surface area contributed by atoms with Crippen molar-refractivity contribution in [1.29, 1.82) is 0 Å².